The quantitative estimate of drug-likeness (QED) is 0.609. The molecule has 0 N–H and O–H groups in total. The molecular weight excluding hydrogens is 150 g/mol. The zero-order valence-electron chi connectivity index (χ0n) is 7.45. The van der Waals surface area contributed by atoms with E-state index in [9.17, 15) is 4.79 Å². The first kappa shape index (κ1) is 8.78. The molecule has 0 saturated heterocycles. The summed E-state index contributed by atoms with van der Waals surface area (Å²) >= 11 is 0. The normalized spacial score (nSPS) is 9.50. The minimum absolute atomic E-state index is 0.0509. The number of pyridine rings is 1. The molecule has 12 heavy (non-hydrogen) atoms. The van der Waals surface area contributed by atoms with Gasteiger partial charge in [0.1, 0.15) is 0 Å². The van der Waals surface area contributed by atoms with E-state index >= 15 is 0 Å². The monoisotopic (exact) mass is 163 g/mol. The molecule has 0 saturated carbocycles. The third-order valence-corrected chi connectivity index (χ3v) is 1.60. The Hall–Kier alpha value is -1.31. The molecule has 0 aliphatic rings. The molecule has 2 nitrogen and oxygen atoms in total. The first-order chi connectivity index (χ1) is 5.70. The minimum Gasteiger partial charge on any atom is -0.312 e. The fraction of sp³-hybridized carbons (Fsp3) is 0.300. The van der Waals surface area contributed by atoms with E-state index in [1.165, 1.54) is 5.57 Å². The summed E-state index contributed by atoms with van der Waals surface area (Å²) in [6.45, 7) is 4.71. The third-order valence-electron chi connectivity index (χ3n) is 1.60. The molecule has 0 bridgehead atoms. The van der Waals surface area contributed by atoms with Crippen LogP contribution < -0.4 is 5.56 Å². The van der Waals surface area contributed by atoms with Crippen LogP contribution in [0.15, 0.2) is 40.8 Å². The second-order valence-corrected chi connectivity index (χ2v) is 2.97. The molecule has 1 aromatic heterocycles. The summed E-state index contributed by atoms with van der Waals surface area (Å²) in [5, 5.41) is 0. The van der Waals surface area contributed by atoms with Crippen LogP contribution in [0.1, 0.15) is 13.8 Å². The molecule has 0 aliphatic carbocycles. The van der Waals surface area contributed by atoms with Crippen LogP contribution in [0.2, 0.25) is 0 Å². The van der Waals surface area contributed by atoms with Gasteiger partial charge in [-0.25, -0.2) is 0 Å². The zero-order valence-corrected chi connectivity index (χ0v) is 7.45. The Bertz CT molecular complexity index is 332. The number of hydrogen-bond acceptors (Lipinski definition) is 1. The van der Waals surface area contributed by atoms with Crippen LogP contribution in [-0.2, 0) is 6.54 Å². The van der Waals surface area contributed by atoms with Crippen molar-refractivity contribution in [2.75, 3.05) is 0 Å². The Morgan fingerprint density at radius 2 is 2.25 bits per heavy atom. The maximum absolute atomic E-state index is 11.2. The highest BCUT2D eigenvalue weighted by atomic mass is 16.1. The van der Waals surface area contributed by atoms with Gasteiger partial charge in [0.15, 0.2) is 0 Å². The highest BCUT2D eigenvalue weighted by Crippen LogP contribution is 1.90. The Morgan fingerprint density at radius 3 is 2.83 bits per heavy atom. The van der Waals surface area contributed by atoms with Crippen LogP contribution >= 0.6 is 0 Å². The van der Waals surface area contributed by atoms with Gasteiger partial charge in [0, 0.05) is 18.8 Å². The Kier molecular flexibility index (Phi) is 2.86. The summed E-state index contributed by atoms with van der Waals surface area (Å²) in [6, 6.07) is 5.18. The van der Waals surface area contributed by atoms with Gasteiger partial charge in [-0.05, 0) is 19.9 Å². The van der Waals surface area contributed by atoms with Gasteiger partial charge in [0.05, 0.1) is 0 Å². The molecule has 2 heteroatoms. The molecule has 0 atom stereocenters. The molecule has 1 aromatic rings. The summed E-state index contributed by atoms with van der Waals surface area (Å²) in [4.78, 5) is 11.2. The zero-order chi connectivity index (χ0) is 8.97. The van der Waals surface area contributed by atoms with Crippen molar-refractivity contribution in [1.29, 1.82) is 0 Å². The summed E-state index contributed by atoms with van der Waals surface area (Å²) in [6.07, 6.45) is 3.82. The molecular formula is C10H13NO. The average molecular weight is 163 g/mol. The first-order valence-corrected chi connectivity index (χ1v) is 3.99. The van der Waals surface area contributed by atoms with Crippen molar-refractivity contribution in [3.05, 3.63) is 46.4 Å². The summed E-state index contributed by atoms with van der Waals surface area (Å²) in [5.41, 5.74) is 1.28. The van der Waals surface area contributed by atoms with Gasteiger partial charge in [-0.2, -0.15) is 0 Å². The lowest BCUT2D eigenvalue weighted by molar-refractivity contribution is 0.774. The summed E-state index contributed by atoms with van der Waals surface area (Å²) in [7, 11) is 0. The highest BCUT2D eigenvalue weighted by molar-refractivity contribution is 4.98. The van der Waals surface area contributed by atoms with Crippen LogP contribution in [-0.4, -0.2) is 4.57 Å². The van der Waals surface area contributed by atoms with Gasteiger partial charge in [0.25, 0.3) is 5.56 Å². The van der Waals surface area contributed by atoms with Crippen molar-refractivity contribution in [3.8, 4) is 0 Å². The highest BCUT2D eigenvalue weighted by Gasteiger charge is 1.88. The number of aromatic nitrogens is 1. The second-order valence-electron chi connectivity index (χ2n) is 2.97. The second kappa shape index (κ2) is 3.90. The van der Waals surface area contributed by atoms with Crippen molar-refractivity contribution in [3.63, 3.8) is 0 Å². The predicted octanol–water partition coefficient (Wildman–Crippen LogP) is 1.81. The van der Waals surface area contributed by atoms with Crippen molar-refractivity contribution in [2.45, 2.75) is 20.4 Å². The average Bonchev–Trinajstić information content (AvgIpc) is 2.03. The van der Waals surface area contributed by atoms with Crippen LogP contribution in [0.25, 0.3) is 0 Å². The van der Waals surface area contributed by atoms with E-state index in [0.29, 0.717) is 6.54 Å². The molecule has 0 fully saturated rings. The topological polar surface area (TPSA) is 22.0 Å². The number of nitrogens with zero attached hydrogens (tertiary/aromatic N) is 1. The fourth-order valence-corrected chi connectivity index (χ4v) is 0.892. The van der Waals surface area contributed by atoms with Gasteiger partial charge in [0.2, 0.25) is 0 Å². The van der Waals surface area contributed by atoms with Crippen LogP contribution in [0, 0.1) is 0 Å². The van der Waals surface area contributed by atoms with E-state index in [1.54, 1.807) is 22.9 Å². The van der Waals surface area contributed by atoms with E-state index < -0.39 is 0 Å². The lowest BCUT2D eigenvalue weighted by atomic mass is 10.3. The molecule has 0 unspecified atom stereocenters. The van der Waals surface area contributed by atoms with Crippen molar-refractivity contribution >= 4 is 0 Å². The molecule has 0 spiro atoms. The van der Waals surface area contributed by atoms with Gasteiger partial charge in [-0.1, -0.05) is 17.7 Å². The number of hydrogen-bond donors (Lipinski definition) is 0. The maximum atomic E-state index is 11.2. The molecule has 0 radical (unpaired) electrons. The minimum atomic E-state index is 0.0509. The molecule has 0 aliphatic heterocycles. The molecule has 1 rings (SSSR count). The van der Waals surface area contributed by atoms with Crippen LogP contribution in [0.3, 0.4) is 0 Å². The summed E-state index contributed by atoms with van der Waals surface area (Å²) < 4.78 is 1.67. The van der Waals surface area contributed by atoms with E-state index in [-0.39, 0.29) is 5.56 Å². The summed E-state index contributed by atoms with van der Waals surface area (Å²) in [5.74, 6) is 0. The van der Waals surface area contributed by atoms with Crippen LogP contribution in [0.5, 0.6) is 0 Å². The van der Waals surface area contributed by atoms with Gasteiger partial charge < -0.3 is 4.57 Å². The predicted molar refractivity (Wildman–Crippen MR) is 50.1 cm³/mol. The Balaban J connectivity index is 2.84. The number of rotatable bonds is 2. The maximum Gasteiger partial charge on any atom is 0.250 e. The largest absolute Gasteiger partial charge is 0.312 e. The van der Waals surface area contributed by atoms with Gasteiger partial charge >= 0.3 is 0 Å². The molecule has 64 valence electrons. The third kappa shape index (κ3) is 2.38. The van der Waals surface area contributed by atoms with Gasteiger partial charge in [-0.3, -0.25) is 4.79 Å². The smallest absolute Gasteiger partial charge is 0.250 e. The van der Waals surface area contributed by atoms with Gasteiger partial charge in [-0.15, -0.1) is 0 Å². The molecule has 0 amide bonds. The first-order valence-electron chi connectivity index (χ1n) is 3.99. The van der Waals surface area contributed by atoms with E-state index in [1.807, 2.05) is 26.0 Å². The van der Waals surface area contributed by atoms with E-state index in [4.69, 9.17) is 0 Å². The standard InChI is InChI=1S/C10H13NO/c1-9(2)6-8-11-7-4-3-5-10(11)12/h3-7H,8H2,1-2H3. The fourth-order valence-electron chi connectivity index (χ4n) is 0.892. The van der Waals surface area contributed by atoms with E-state index in [2.05, 4.69) is 0 Å². The lowest BCUT2D eigenvalue weighted by Gasteiger charge is -1.99. The van der Waals surface area contributed by atoms with Crippen molar-refractivity contribution in [2.24, 2.45) is 0 Å². The molecule has 1 heterocycles. The number of allylic oxidation sites excluding steroid dienone is 2. The van der Waals surface area contributed by atoms with Crippen molar-refractivity contribution in [1.82, 2.24) is 4.57 Å². The molecule has 0 aromatic carbocycles. The Labute approximate surface area is 72.2 Å². The lowest BCUT2D eigenvalue weighted by Crippen LogP contribution is -2.16. The Morgan fingerprint density at radius 1 is 1.50 bits per heavy atom. The van der Waals surface area contributed by atoms with Crippen molar-refractivity contribution < 1.29 is 0 Å². The SMILES string of the molecule is CC(C)=CCn1ccccc1=O. The van der Waals surface area contributed by atoms with E-state index in [0.717, 1.165) is 0 Å². The van der Waals surface area contributed by atoms with Crippen LogP contribution in [0.4, 0.5) is 0 Å².